The summed E-state index contributed by atoms with van der Waals surface area (Å²) in [5, 5.41) is 14.9. The highest BCUT2D eigenvalue weighted by Gasteiger charge is 2.13. The zero-order valence-electron chi connectivity index (χ0n) is 16.3. The molecule has 0 unspecified atom stereocenters. The summed E-state index contributed by atoms with van der Waals surface area (Å²) in [6, 6.07) is 12.1. The van der Waals surface area contributed by atoms with Crippen LogP contribution < -0.4 is 14.8 Å². The molecule has 1 N–H and O–H groups in total. The van der Waals surface area contributed by atoms with E-state index in [1.54, 1.807) is 4.68 Å². The van der Waals surface area contributed by atoms with Gasteiger partial charge in [-0.2, -0.15) is 0 Å². The highest BCUT2D eigenvalue weighted by molar-refractivity contribution is 9.10. The van der Waals surface area contributed by atoms with Crippen LogP contribution in [0.15, 0.2) is 40.9 Å². The Morgan fingerprint density at radius 1 is 1.07 bits per heavy atom. The average Bonchev–Trinajstić information content (AvgIpc) is 3.15. The van der Waals surface area contributed by atoms with E-state index in [9.17, 15) is 0 Å². The minimum atomic E-state index is 0.488. The van der Waals surface area contributed by atoms with E-state index in [0.717, 1.165) is 15.6 Å². The summed E-state index contributed by atoms with van der Waals surface area (Å²) in [7, 11) is 0. The van der Waals surface area contributed by atoms with E-state index in [-0.39, 0.29) is 0 Å². The van der Waals surface area contributed by atoms with Crippen LogP contribution in [-0.2, 0) is 19.7 Å². The summed E-state index contributed by atoms with van der Waals surface area (Å²) in [6.07, 6.45) is 0. The molecule has 148 valence electrons. The summed E-state index contributed by atoms with van der Waals surface area (Å²) in [5.74, 6) is 2.05. The van der Waals surface area contributed by atoms with Gasteiger partial charge in [0.2, 0.25) is 5.95 Å². The largest absolute Gasteiger partial charge is 0.490 e. The number of rotatable bonds is 9. The number of ether oxygens (including phenoxy) is 2. The maximum atomic E-state index is 6.07. The first-order valence-corrected chi connectivity index (χ1v) is 10.0. The van der Waals surface area contributed by atoms with Crippen molar-refractivity contribution in [2.24, 2.45) is 0 Å². The van der Waals surface area contributed by atoms with Crippen LogP contribution in [0.1, 0.15) is 30.5 Å². The van der Waals surface area contributed by atoms with Crippen LogP contribution in [0, 0.1) is 6.92 Å². The van der Waals surface area contributed by atoms with Crippen molar-refractivity contribution < 1.29 is 9.47 Å². The van der Waals surface area contributed by atoms with E-state index < -0.39 is 0 Å². The van der Waals surface area contributed by atoms with Crippen LogP contribution in [0.3, 0.4) is 0 Å². The predicted molar refractivity (Wildman–Crippen MR) is 112 cm³/mol. The molecule has 0 aliphatic heterocycles. The van der Waals surface area contributed by atoms with E-state index >= 15 is 0 Å². The Kier molecular flexibility index (Phi) is 6.86. The molecule has 8 heteroatoms. The molecule has 0 atom stereocenters. The van der Waals surface area contributed by atoms with E-state index in [2.05, 4.69) is 55.8 Å². The molecule has 0 saturated carbocycles. The molecule has 28 heavy (non-hydrogen) atoms. The summed E-state index contributed by atoms with van der Waals surface area (Å²) in [5.41, 5.74) is 3.38. The first kappa shape index (κ1) is 20.1. The van der Waals surface area contributed by atoms with Crippen molar-refractivity contribution >= 4 is 21.9 Å². The second-order valence-electron chi connectivity index (χ2n) is 6.21. The van der Waals surface area contributed by atoms with E-state index in [1.165, 1.54) is 5.56 Å². The molecule has 1 heterocycles. The van der Waals surface area contributed by atoms with Crippen molar-refractivity contribution in [2.45, 2.75) is 40.5 Å². The lowest BCUT2D eigenvalue weighted by molar-refractivity contribution is 0.268. The lowest BCUT2D eigenvalue weighted by Gasteiger charge is -2.16. The maximum Gasteiger partial charge on any atom is 0.243 e. The van der Waals surface area contributed by atoms with Crippen LogP contribution in [-0.4, -0.2) is 26.8 Å². The minimum absolute atomic E-state index is 0.488. The SMILES string of the molecule is CCOc1cc(CNc2nnnn2CC)c(Br)cc1OCc1ccccc1C. The minimum Gasteiger partial charge on any atom is -0.490 e. The normalized spacial score (nSPS) is 10.7. The van der Waals surface area contributed by atoms with Crippen LogP contribution in [0.25, 0.3) is 0 Å². The molecule has 0 radical (unpaired) electrons. The molecule has 2 aromatic carbocycles. The van der Waals surface area contributed by atoms with Crippen molar-refractivity contribution in [1.82, 2.24) is 20.2 Å². The fourth-order valence-electron chi connectivity index (χ4n) is 2.74. The Morgan fingerprint density at radius 3 is 2.61 bits per heavy atom. The average molecular weight is 446 g/mol. The third kappa shape index (κ3) is 4.81. The standard InChI is InChI=1S/C20H24BrN5O2/c1-4-26-20(23-24-25-26)22-12-16-10-18(27-5-2)19(11-17(16)21)28-13-15-9-7-6-8-14(15)3/h6-11H,4-5,12-13H2,1-3H3,(H,22,23,25). The summed E-state index contributed by atoms with van der Waals surface area (Å²) in [6.45, 7) is 8.33. The van der Waals surface area contributed by atoms with Crippen LogP contribution in [0.5, 0.6) is 11.5 Å². The number of aromatic nitrogens is 4. The lowest BCUT2D eigenvalue weighted by atomic mass is 10.1. The summed E-state index contributed by atoms with van der Waals surface area (Å²) < 4.78 is 14.5. The molecule has 0 spiro atoms. The molecular formula is C20H24BrN5O2. The Hall–Kier alpha value is -2.61. The third-order valence-electron chi connectivity index (χ3n) is 4.33. The quantitative estimate of drug-likeness (QED) is 0.527. The first-order chi connectivity index (χ1) is 13.6. The van der Waals surface area contributed by atoms with Gasteiger partial charge in [0.25, 0.3) is 0 Å². The van der Waals surface area contributed by atoms with Crippen molar-refractivity contribution in [3.63, 3.8) is 0 Å². The van der Waals surface area contributed by atoms with Gasteiger partial charge < -0.3 is 14.8 Å². The zero-order chi connectivity index (χ0) is 19.9. The number of hydrogen-bond donors (Lipinski definition) is 1. The molecular weight excluding hydrogens is 422 g/mol. The number of tetrazole rings is 1. The lowest BCUT2D eigenvalue weighted by Crippen LogP contribution is -2.09. The fraction of sp³-hybridized carbons (Fsp3) is 0.350. The van der Waals surface area contributed by atoms with Gasteiger partial charge in [0.1, 0.15) is 6.61 Å². The number of benzene rings is 2. The highest BCUT2D eigenvalue weighted by atomic mass is 79.9. The van der Waals surface area contributed by atoms with Gasteiger partial charge in [-0.3, -0.25) is 0 Å². The second-order valence-corrected chi connectivity index (χ2v) is 7.06. The first-order valence-electron chi connectivity index (χ1n) is 9.24. The Bertz CT molecular complexity index is 929. The van der Waals surface area contributed by atoms with Crippen molar-refractivity contribution in [1.29, 1.82) is 0 Å². The third-order valence-corrected chi connectivity index (χ3v) is 5.06. The van der Waals surface area contributed by atoms with Gasteiger partial charge in [-0.1, -0.05) is 45.3 Å². The van der Waals surface area contributed by atoms with Crippen LogP contribution in [0.4, 0.5) is 5.95 Å². The van der Waals surface area contributed by atoms with Crippen LogP contribution in [0.2, 0.25) is 0 Å². The summed E-state index contributed by atoms with van der Waals surface area (Å²) >= 11 is 3.64. The molecule has 0 aliphatic carbocycles. The molecule has 3 rings (SSSR count). The molecule has 1 aromatic heterocycles. The van der Waals surface area contributed by atoms with Gasteiger partial charge in [-0.15, -0.1) is 0 Å². The predicted octanol–water partition coefficient (Wildman–Crippen LogP) is 4.35. The molecule has 0 bridgehead atoms. The van der Waals surface area contributed by atoms with Gasteiger partial charge >= 0.3 is 0 Å². The van der Waals surface area contributed by atoms with Gasteiger partial charge in [0, 0.05) is 17.6 Å². The molecule has 0 aliphatic rings. The Morgan fingerprint density at radius 2 is 1.86 bits per heavy atom. The second kappa shape index (κ2) is 9.54. The van der Waals surface area contributed by atoms with Crippen LogP contribution >= 0.6 is 15.9 Å². The molecule has 3 aromatic rings. The maximum absolute atomic E-state index is 6.07. The van der Waals surface area contributed by atoms with Gasteiger partial charge in [-0.05, 0) is 60.0 Å². The van der Waals surface area contributed by atoms with Crippen molar-refractivity contribution in [2.75, 3.05) is 11.9 Å². The smallest absolute Gasteiger partial charge is 0.243 e. The number of hydrogen-bond acceptors (Lipinski definition) is 6. The number of nitrogens with zero attached hydrogens (tertiary/aromatic N) is 4. The van der Waals surface area contributed by atoms with E-state index in [0.29, 0.717) is 43.8 Å². The van der Waals surface area contributed by atoms with E-state index in [1.807, 2.05) is 38.1 Å². The number of nitrogens with one attached hydrogen (secondary N) is 1. The molecule has 0 fully saturated rings. The number of aryl methyl sites for hydroxylation is 2. The Labute approximate surface area is 173 Å². The topological polar surface area (TPSA) is 74.1 Å². The fourth-order valence-corrected chi connectivity index (χ4v) is 3.20. The number of anilines is 1. The van der Waals surface area contributed by atoms with Crippen molar-refractivity contribution in [3.8, 4) is 11.5 Å². The van der Waals surface area contributed by atoms with Gasteiger partial charge in [0.05, 0.1) is 6.61 Å². The molecule has 0 amide bonds. The highest BCUT2D eigenvalue weighted by Crippen LogP contribution is 2.35. The van der Waals surface area contributed by atoms with E-state index in [4.69, 9.17) is 9.47 Å². The zero-order valence-corrected chi connectivity index (χ0v) is 17.9. The monoisotopic (exact) mass is 445 g/mol. The number of halogens is 1. The molecule has 0 saturated heterocycles. The van der Waals surface area contributed by atoms with Crippen molar-refractivity contribution in [3.05, 3.63) is 57.6 Å². The van der Waals surface area contributed by atoms with Gasteiger partial charge in [0.15, 0.2) is 11.5 Å². The molecule has 7 nitrogen and oxygen atoms in total. The summed E-state index contributed by atoms with van der Waals surface area (Å²) in [4.78, 5) is 0. The van der Waals surface area contributed by atoms with Gasteiger partial charge in [-0.25, -0.2) is 4.68 Å². The Balaban J connectivity index is 1.76.